The van der Waals surface area contributed by atoms with Gasteiger partial charge in [-0.25, -0.2) is 0 Å². The fourth-order valence-corrected chi connectivity index (χ4v) is 2.35. The molecule has 0 aliphatic rings. The molecule has 0 saturated carbocycles. The number of aliphatic carboxylic acids is 1. The molecule has 0 rings (SSSR count). The van der Waals surface area contributed by atoms with Gasteiger partial charge in [-0.2, -0.15) is 0 Å². The van der Waals surface area contributed by atoms with Crippen LogP contribution < -0.4 is 56.5 Å². The van der Waals surface area contributed by atoms with Crippen molar-refractivity contribution in [2.75, 3.05) is 6.61 Å². The van der Waals surface area contributed by atoms with Crippen molar-refractivity contribution in [2.45, 2.75) is 82.8 Å². The van der Waals surface area contributed by atoms with E-state index >= 15 is 0 Å². The molecule has 2 atom stereocenters. The molecule has 3 N–H and O–H groups in total. The molecule has 23 heavy (non-hydrogen) atoms. The van der Waals surface area contributed by atoms with E-state index in [9.17, 15) is 24.9 Å². The van der Waals surface area contributed by atoms with Gasteiger partial charge in [0.25, 0.3) is 0 Å². The van der Waals surface area contributed by atoms with Crippen molar-refractivity contribution in [3.05, 3.63) is 0 Å². The minimum absolute atomic E-state index is 0. The number of carboxylic acid groups (broad SMARTS) is 1. The van der Waals surface area contributed by atoms with Crippen LogP contribution in [0.3, 0.4) is 0 Å². The van der Waals surface area contributed by atoms with E-state index in [1.54, 1.807) is 0 Å². The molecule has 0 aromatic carbocycles. The Bertz CT molecular complexity index is 337. The van der Waals surface area contributed by atoms with Crippen LogP contribution in [0.15, 0.2) is 0 Å². The Labute approximate surface area is 181 Å². The summed E-state index contributed by atoms with van der Waals surface area (Å²) in [6.45, 7) is 1.15. The van der Waals surface area contributed by atoms with Crippen molar-refractivity contribution in [1.82, 2.24) is 0 Å². The number of unbranched alkanes of at least 4 members (excludes halogenated alkanes) is 8. The summed E-state index contributed by atoms with van der Waals surface area (Å²) >= 11 is 0. The Morgan fingerprint density at radius 2 is 1.43 bits per heavy atom. The van der Waals surface area contributed by atoms with Crippen molar-refractivity contribution in [3.63, 3.8) is 0 Å². The van der Waals surface area contributed by atoms with E-state index in [4.69, 9.17) is 5.11 Å². The minimum Gasteiger partial charge on any atom is -0.546 e. The summed E-state index contributed by atoms with van der Waals surface area (Å²) in [7, 11) is 0. The number of aliphatic hydroxyl groups excluding tert-OH is 2. The molecule has 0 unspecified atom stereocenters. The van der Waals surface area contributed by atoms with Gasteiger partial charge in [0, 0.05) is 6.42 Å². The van der Waals surface area contributed by atoms with Crippen molar-refractivity contribution in [3.8, 4) is 0 Å². The van der Waals surface area contributed by atoms with Crippen LogP contribution in [0.1, 0.15) is 71.1 Å². The van der Waals surface area contributed by atoms with Gasteiger partial charge in [0.1, 0.15) is 6.10 Å². The van der Waals surface area contributed by atoms with Gasteiger partial charge in [-0.15, -0.1) is 0 Å². The average Bonchev–Trinajstić information content (AvgIpc) is 2.51. The van der Waals surface area contributed by atoms with Crippen LogP contribution in [-0.4, -0.2) is 45.4 Å². The summed E-state index contributed by atoms with van der Waals surface area (Å²) in [5.74, 6) is -3.09. The van der Waals surface area contributed by atoms with E-state index in [-0.39, 0.29) is 57.8 Å². The van der Waals surface area contributed by atoms with E-state index in [1.165, 1.54) is 25.7 Å². The quantitative estimate of drug-likeness (QED) is 0.177. The van der Waals surface area contributed by atoms with E-state index in [0.717, 1.165) is 25.7 Å². The predicted molar refractivity (Wildman–Crippen MR) is 79.9 cm³/mol. The zero-order valence-electron chi connectivity index (χ0n) is 14.4. The number of hydrogen-bond acceptors (Lipinski definition) is 6. The van der Waals surface area contributed by atoms with Gasteiger partial charge in [-0.1, -0.05) is 58.3 Å². The number of rotatable bonds is 14. The molecule has 7 heteroatoms. The third-order valence-corrected chi connectivity index (χ3v) is 3.90. The second-order valence-electron chi connectivity index (χ2n) is 5.75. The maximum absolute atomic E-state index is 11.8. The van der Waals surface area contributed by atoms with Crippen LogP contribution in [0.2, 0.25) is 0 Å². The second-order valence-corrected chi connectivity index (χ2v) is 5.75. The van der Waals surface area contributed by atoms with Gasteiger partial charge >= 0.3 is 51.4 Å². The summed E-state index contributed by atoms with van der Waals surface area (Å²) in [5, 5.41) is 38.7. The summed E-state index contributed by atoms with van der Waals surface area (Å²) in [5.41, 5.74) is -3.02. The normalized spacial score (nSPS) is 14.6. The zero-order valence-corrected chi connectivity index (χ0v) is 17.5. The number of Topliss-reactive ketones (excluding diaryl/α,β-unsaturated/α-hetero) is 1. The SMILES string of the molecule is CCCCCCCCCCCC(=O)[C@@](O)(C(=O)[O-])[C@H](O)CO.[K+]. The first-order valence-corrected chi connectivity index (χ1v) is 8.17. The van der Waals surface area contributed by atoms with Crippen LogP contribution >= 0.6 is 0 Å². The Morgan fingerprint density at radius 3 is 1.83 bits per heavy atom. The van der Waals surface area contributed by atoms with Gasteiger partial charge in [-0.3, -0.25) is 4.79 Å². The largest absolute Gasteiger partial charge is 1.00 e. The average molecular weight is 357 g/mol. The Morgan fingerprint density at radius 1 is 1.00 bits per heavy atom. The van der Waals surface area contributed by atoms with E-state index in [2.05, 4.69) is 6.92 Å². The molecular weight excluding hydrogens is 327 g/mol. The monoisotopic (exact) mass is 356 g/mol. The standard InChI is InChI=1S/C16H30O6.K/c1-2-3-4-5-6-7-8-9-10-11-13(18)16(22,15(20)21)14(19)12-17;/h14,17,19,22H,2-12H2,1H3,(H,20,21);/q;+1/p-1/t14-,16+;/m1./s1. The van der Waals surface area contributed by atoms with Gasteiger partial charge < -0.3 is 25.2 Å². The topological polar surface area (TPSA) is 118 Å². The molecule has 0 fully saturated rings. The predicted octanol–water partition coefficient (Wildman–Crippen LogP) is -2.69. The van der Waals surface area contributed by atoms with Crippen molar-refractivity contribution >= 4 is 11.8 Å². The molecule has 6 nitrogen and oxygen atoms in total. The summed E-state index contributed by atoms with van der Waals surface area (Å²) in [6, 6.07) is 0. The molecule has 0 aliphatic heterocycles. The molecule has 0 heterocycles. The first-order valence-electron chi connectivity index (χ1n) is 8.17. The zero-order chi connectivity index (χ0) is 17.0. The molecule has 0 aliphatic carbocycles. The molecule has 0 radical (unpaired) electrons. The molecule has 130 valence electrons. The summed E-state index contributed by atoms with van der Waals surface area (Å²) in [4.78, 5) is 22.6. The van der Waals surface area contributed by atoms with Crippen LogP contribution in [-0.2, 0) is 9.59 Å². The van der Waals surface area contributed by atoms with Crippen LogP contribution in [0, 0.1) is 0 Å². The third kappa shape index (κ3) is 9.65. The number of carbonyl (C=O) groups is 2. The first-order chi connectivity index (χ1) is 10.4. The maximum Gasteiger partial charge on any atom is 1.00 e. The Kier molecular flexibility index (Phi) is 16.8. The van der Waals surface area contributed by atoms with Gasteiger partial charge in [0.15, 0.2) is 11.4 Å². The molecule has 0 bridgehead atoms. The minimum atomic E-state index is -3.02. The third-order valence-electron chi connectivity index (χ3n) is 3.90. The number of hydrogen-bond donors (Lipinski definition) is 3. The number of ketones is 1. The maximum atomic E-state index is 11.8. The van der Waals surface area contributed by atoms with Crippen molar-refractivity contribution in [1.29, 1.82) is 0 Å². The van der Waals surface area contributed by atoms with Crippen LogP contribution in [0.25, 0.3) is 0 Å². The molecule has 0 amide bonds. The molecule has 0 aromatic rings. The summed E-state index contributed by atoms with van der Waals surface area (Å²) < 4.78 is 0. The van der Waals surface area contributed by atoms with Crippen LogP contribution in [0.5, 0.6) is 0 Å². The second kappa shape index (κ2) is 15.0. The van der Waals surface area contributed by atoms with E-state index in [1.807, 2.05) is 0 Å². The fraction of sp³-hybridized carbons (Fsp3) is 0.875. The van der Waals surface area contributed by atoms with Gasteiger partial charge in [0.05, 0.1) is 12.6 Å². The number of carboxylic acids is 1. The molecule has 0 aromatic heterocycles. The van der Waals surface area contributed by atoms with Gasteiger partial charge in [0.2, 0.25) is 0 Å². The van der Waals surface area contributed by atoms with Gasteiger partial charge in [-0.05, 0) is 6.42 Å². The summed E-state index contributed by atoms with van der Waals surface area (Å²) in [6.07, 6.45) is 7.08. The molecule has 0 spiro atoms. The Hall–Kier alpha value is 0.656. The Balaban J connectivity index is 0. The molecule has 0 saturated heterocycles. The fourth-order valence-electron chi connectivity index (χ4n) is 2.35. The molecular formula is C16H29KO6. The smallest absolute Gasteiger partial charge is 0.546 e. The van der Waals surface area contributed by atoms with Crippen LogP contribution in [0.4, 0.5) is 0 Å². The first kappa shape index (κ1) is 25.9. The number of carbonyl (C=O) groups excluding carboxylic acids is 2. The van der Waals surface area contributed by atoms with Crippen molar-refractivity contribution in [2.24, 2.45) is 0 Å². The number of aliphatic hydroxyl groups is 3. The van der Waals surface area contributed by atoms with E-state index < -0.39 is 30.1 Å². The van der Waals surface area contributed by atoms with Crippen molar-refractivity contribution < 1.29 is 81.4 Å². The van der Waals surface area contributed by atoms with E-state index in [0.29, 0.717) is 6.42 Å².